The number of hydrogen-bond donors (Lipinski definition) is 1. The molecular weight excluding hydrogens is 202 g/mol. The van der Waals surface area contributed by atoms with E-state index in [1.54, 1.807) is 19.1 Å². The van der Waals surface area contributed by atoms with Gasteiger partial charge in [-0.3, -0.25) is 4.79 Å². The first-order chi connectivity index (χ1) is 7.66. The molecule has 0 aromatic heterocycles. The Kier molecular flexibility index (Phi) is 3.25. The largest absolute Gasteiger partial charge is 0.490 e. The normalized spacial score (nSPS) is 17.6. The molecule has 0 heterocycles. The summed E-state index contributed by atoms with van der Waals surface area (Å²) in [7, 11) is 0. The number of nitrogens with two attached hydrogens (primary N) is 1. The summed E-state index contributed by atoms with van der Waals surface area (Å²) in [5.41, 5.74) is 6.20. The van der Waals surface area contributed by atoms with Crippen molar-refractivity contribution in [3.63, 3.8) is 0 Å². The first-order valence-corrected chi connectivity index (χ1v) is 5.73. The molecule has 0 spiro atoms. The third-order valence-corrected chi connectivity index (χ3v) is 2.89. The second kappa shape index (κ2) is 4.66. The number of ether oxygens (including phenoxy) is 1. The van der Waals surface area contributed by atoms with Gasteiger partial charge in [0.2, 0.25) is 0 Å². The minimum atomic E-state index is -0.459. The van der Waals surface area contributed by atoms with Crippen LogP contribution in [0.15, 0.2) is 24.3 Å². The van der Waals surface area contributed by atoms with Crippen molar-refractivity contribution >= 4 is 5.78 Å². The van der Waals surface area contributed by atoms with E-state index < -0.39 is 6.04 Å². The van der Waals surface area contributed by atoms with Crippen LogP contribution in [0.5, 0.6) is 5.75 Å². The Bertz CT molecular complexity index is 383. The average molecular weight is 219 g/mol. The molecular formula is C13H17NO2. The lowest BCUT2D eigenvalue weighted by Crippen LogP contribution is -2.27. The predicted molar refractivity (Wildman–Crippen MR) is 62.7 cm³/mol. The molecule has 1 aromatic carbocycles. The van der Waals surface area contributed by atoms with Gasteiger partial charge in [0.25, 0.3) is 0 Å². The quantitative estimate of drug-likeness (QED) is 0.789. The van der Waals surface area contributed by atoms with Crippen LogP contribution in [0.25, 0.3) is 0 Å². The van der Waals surface area contributed by atoms with Gasteiger partial charge in [-0.2, -0.15) is 0 Å². The molecule has 0 amide bonds. The summed E-state index contributed by atoms with van der Waals surface area (Å²) in [6.07, 6.45) is 3.81. The zero-order valence-corrected chi connectivity index (χ0v) is 9.48. The molecule has 2 rings (SSSR count). The van der Waals surface area contributed by atoms with Crippen LogP contribution in [0, 0.1) is 0 Å². The molecule has 3 heteroatoms. The highest BCUT2D eigenvalue weighted by atomic mass is 16.5. The van der Waals surface area contributed by atoms with Crippen molar-refractivity contribution in [3.8, 4) is 5.75 Å². The van der Waals surface area contributed by atoms with Crippen LogP contribution >= 0.6 is 0 Å². The Morgan fingerprint density at radius 1 is 1.50 bits per heavy atom. The number of carbonyl (C=O) groups is 1. The number of rotatable bonds is 4. The lowest BCUT2D eigenvalue weighted by molar-refractivity contribution is 0.0964. The number of ketones is 1. The first-order valence-electron chi connectivity index (χ1n) is 5.73. The number of carbonyl (C=O) groups excluding carboxylic acids is 1. The molecule has 0 radical (unpaired) electrons. The molecule has 0 aliphatic heterocycles. The van der Waals surface area contributed by atoms with Crippen LogP contribution in [0.4, 0.5) is 0 Å². The molecule has 86 valence electrons. The lowest BCUT2D eigenvalue weighted by Gasteiger charge is -2.26. The summed E-state index contributed by atoms with van der Waals surface area (Å²) >= 11 is 0. The molecule has 3 nitrogen and oxygen atoms in total. The molecule has 1 aliphatic rings. The van der Waals surface area contributed by atoms with E-state index in [1.165, 1.54) is 6.42 Å². The molecule has 16 heavy (non-hydrogen) atoms. The summed E-state index contributed by atoms with van der Waals surface area (Å²) in [5, 5.41) is 0. The molecule has 1 fully saturated rings. The van der Waals surface area contributed by atoms with Gasteiger partial charge in [-0.1, -0.05) is 12.1 Å². The van der Waals surface area contributed by atoms with E-state index in [2.05, 4.69) is 0 Å². The van der Waals surface area contributed by atoms with Crippen molar-refractivity contribution in [1.29, 1.82) is 0 Å². The van der Waals surface area contributed by atoms with Crippen LogP contribution < -0.4 is 10.5 Å². The average Bonchev–Trinajstić information content (AvgIpc) is 2.23. The van der Waals surface area contributed by atoms with Crippen LogP contribution in [0.3, 0.4) is 0 Å². The van der Waals surface area contributed by atoms with E-state index in [9.17, 15) is 4.79 Å². The maximum Gasteiger partial charge on any atom is 0.179 e. The minimum absolute atomic E-state index is 0.0425. The minimum Gasteiger partial charge on any atom is -0.490 e. The Hall–Kier alpha value is -1.35. The third kappa shape index (κ3) is 2.42. The van der Waals surface area contributed by atoms with E-state index in [0.717, 1.165) is 18.6 Å². The Labute approximate surface area is 95.6 Å². The van der Waals surface area contributed by atoms with Crippen molar-refractivity contribution in [2.45, 2.75) is 38.3 Å². The second-order valence-electron chi connectivity index (χ2n) is 4.35. The molecule has 0 saturated heterocycles. The summed E-state index contributed by atoms with van der Waals surface area (Å²) in [4.78, 5) is 11.7. The van der Waals surface area contributed by atoms with Gasteiger partial charge in [0.05, 0.1) is 12.1 Å². The molecule has 1 aliphatic carbocycles. The van der Waals surface area contributed by atoms with E-state index in [4.69, 9.17) is 10.5 Å². The van der Waals surface area contributed by atoms with Gasteiger partial charge in [0, 0.05) is 5.56 Å². The van der Waals surface area contributed by atoms with Crippen molar-refractivity contribution in [1.82, 2.24) is 0 Å². The highest BCUT2D eigenvalue weighted by Crippen LogP contribution is 2.25. The van der Waals surface area contributed by atoms with Crippen molar-refractivity contribution in [2.75, 3.05) is 0 Å². The Morgan fingerprint density at radius 2 is 2.25 bits per heavy atom. The van der Waals surface area contributed by atoms with Crippen LogP contribution in [0.2, 0.25) is 0 Å². The predicted octanol–water partition coefficient (Wildman–Crippen LogP) is 2.15. The highest BCUT2D eigenvalue weighted by molar-refractivity contribution is 5.99. The van der Waals surface area contributed by atoms with E-state index in [0.29, 0.717) is 11.7 Å². The van der Waals surface area contributed by atoms with Gasteiger partial charge in [-0.15, -0.1) is 0 Å². The number of hydrogen-bond acceptors (Lipinski definition) is 3. The smallest absolute Gasteiger partial charge is 0.179 e. The first kappa shape index (κ1) is 11.1. The van der Waals surface area contributed by atoms with Gasteiger partial charge in [-0.25, -0.2) is 0 Å². The van der Waals surface area contributed by atoms with Gasteiger partial charge in [-0.05, 0) is 38.3 Å². The fourth-order valence-electron chi connectivity index (χ4n) is 1.67. The fraction of sp³-hybridized carbons (Fsp3) is 0.462. The Morgan fingerprint density at radius 3 is 2.81 bits per heavy atom. The molecule has 1 saturated carbocycles. The van der Waals surface area contributed by atoms with Crippen molar-refractivity contribution in [3.05, 3.63) is 29.8 Å². The van der Waals surface area contributed by atoms with Crippen molar-refractivity contribution in [2.24, 2.45) is 5.73 Å². The molecule has 1 atom stereocenters. The second-order valence-corrected chi connectivity index (χ2v) is 4.35. The van der Waals surface area contributed by atoms with E-state index in [1.807, 2.05) is 12.1 Å². The van der Waals surface area contributed by atoms with Gasteiger partial charge < -0.3 is 10.5 Å². The maximum absolute atomic E-state index is 11.7. The van der Waals surface area contributed by atoms with Gasteiger partial charge in [0.15, 0.2) is 5.78 Å². The fourth-order valence-corrected chi connectivity index (χ4v) is 1.67. The molecule has 1 unspecified atom stereocenters. The summed E-state index contributed by atoms with van der Waals surface area (Å²) in [6, 6.07) is 6.82. The highest BCUT2D eigenvalue weighted by Gasteiger charge is 2.19. The summed E-state index contributed by atoms with van der Waals surface area (Å²) < 4.78 is 5.73. The summed E-state index contributed by atoms with van der Waals surface area (Å²) in [6.45, 7) is 1.70. The number of Topliss-reactive ketones (excluding diaryl/α,β-unsaturated/α-hetero) is 1. The maximum atomic E-state index is 11.7. The summed E-state index contributed by atoms with van der Waals surface area (Å²) in [5.74, 6) is 0.732. The van der Waals surface area contributed by atoms with Crippen LogP contribution in [-0.2, 0) is 0 Å². The van der Waals surface area contributed by atoms with Gasteiger partial charge in [0.1, 0.15) is 5.75 Å². The van der Waals surface area contributed by atoms with Crippen LogP contribution in [-0.4, -0.2) is 17.9 Å². The standard InChI is InChI=1S/C13H17NO2/c1-9(14)13(15)10-4-2-7-12(8-10)16-11-5-3-6-11/h2,4,7-9,11H,3,5-6,14H2,1H3. The molecule has 0 bridgehead atoms. The van der Waals surface area contributed by atoms with E-state index >= 15 is 0 Å². The lowest BCUT2D eigenvalue weighted by atomic mass is 9.96. The SMILES string of the molecule is CC(N)C(=O)c1cccc(OC2CCC2)c1. The monoisotopic (exact) mass is 219 g/mol. The zero-order valence-electron chi connectivity index (χ0n) is 9.48. The molecule has 2 N–H and O–H groups in total. The van der Waals surface area contributed by atoms with E-state index in [-0.39, 0.29) is 5.78 Å². The van der Waals surface area contributed by atoms with Gasteiger partial charge >= 0.3 is 0 Å². The zero-order chi connectivity index (χ0) is 11.5. The molecule has 1 aromatic rings. The van der Waals surface area contributed by atoms with Crippen LogP contribution in [0.1, 0.15) is 36.5 Å². The van der Waals surface area contributed by atoms with Crippen molar-refractivity contribution < 1.29 is 9.53 Å². The Balaban J connectivity index is 2.09. The number of benzene rings is 1. The topological polar surface area (TPSA) is 52.3 Å². The third-order valence-electron chi connectivity index (χ3n) is 2.89.